The van der Waals surface area contributed by atoms with Gasteiger partial charge in [-0.15, -0.1) is 5.92 Å². The van der Waals surface area contributed by atoms with Crippen LogP contribution in [0.2, 0.25) is 0 Å². The van der Waals surface area contributed by atoms with Gasteiger partial charge in [-0.25, -0.2) is 0 Å². The number of rotatable bonds is 3. The SMILES string of the molecule is CC#CCOC[C@H]1CO1. The van der Waals surface area contributed by atoms with Crippen LogP contribution in [0, 0.1) is 11.8 Å². The Morgan fingerprint density at radius 3 is 3.11 bits per heavy atom. The summed E-state index contributed by atoms with van der Waals surface area (Å²) in [6.07, 6.45) is 0.364. The van der Waals surface area contributed by atoms with E-state index in [1.165, 1.54) is 0 Å². The van der Waals surface area contributed by atoms with E-state index in [2.05, 4.69) is 11.8 Å². The van der Waals surface area contributed by atoms with E-state index in [-0.39, 0.29) is 0 Å². The zero-order valence-corrected chi connectivity index (χ0v) is 5.52. The summed E-state index contributed by atoms with van der Waals surface area (Å²) in [6.45, 7) is 3.90. The molecule has 0 aliphatic carbocycles. The molecule has 1 aliphatic rings. The fraction of sp³-hybridized carbons (Fsp3) is 0.714. The first kappa shape index (κ1) is 6.60. The quantitative estimate of drug-likeness (QED) is 0.310. The number of hydrogen-bond donors (Lipinski definition) is 0. The first-order valence-corrected chi connectivity index (χ1v) is 3.02. The van der Waals surface area contributed by atoms with Crippen molar-refractivity contribution in [2.45, 2.75) is 13.0 Å². The van der Waals surface area contributed by atoms with Gasteiger partial charge in [0.25, 0.3) is 0 Å². The van der Waals surface area contributed by atoms with E-state index in [0.29, 0.717) is 19.3 Å². The van der Waals surface area contributed by atoms with Gasteiger partial charge >= 0.3 is 0 Å². The Kier molecular flexibility index (Phi) is 2.56. The third-order valence-corrected chi connectivity index (χ3v) is 1.06. The molecule has 1 heterocycles. The van der Waals surface area contributed by atoms with Crippen molar-refractivity contribution in [1.82, 2.24) is 0 Å². The van der Waals surface area contributed by atoms with Crippen molar-refractivity contribution in [2.75, 3.05) is 19.8 Å². The molecule has 2 nitrogen and oxygen atoms in total. The maximum atomic E-state index is 5.10. The second kappa shape index (κ2) is 3.49. The normalized spacial score (nSPS) is 22.6. The molecule has 1 fully saturated rings. The predicted octanol–water partition coefficient (Wildman–Crippen LogP) is 0.425. The predicted molar refractivity (Wildman–Crippen MR) is 34.0 cm³/mol. The lowest BCUT2D eigenvalue weighted by molar-refractivity contribution is 0.145. The molecule has 0 unspecified atom stereocenters. The second-order valence-electron chi connectivity index (χ2n) is 1.90. The molecule has 0 aromatic rings. The summed E-state index contributed by atoms with van der Waals surface area (Å²) < 4.78 is 10.0. The van der Waals surface area contributed by atoms with Gasteiger partial charge in [0.05, 0.1) is 13.2 Å². The Morgan fingerprint density at radius 2 is 2.56 bits per heavy atom. The average Bonchev–Trinajstić information content (AvgIpc) is 2.63. The maximum Gasteiger partial charge on any atom is 0.107 e. The minimum absolute atomic E-state index is 0.364. The van der Waals surface area contributed by atoms with Crippen LogP contribution in [0.15, 0.2) is 0 Å². The van der Waals surface area contributed by atoms with Gasteiger partial charge in [-0.3, -0.25) is 0 Å². The van der Waals surface area contributed by atoms with E-state index in [9.17, 15) is 0 Å². The van der Waals surface area contributed by atoms with Crippen LogP contribution in [0.1, 0.15) is 6.92 Å². The fourth-order valence-electron chi connectivity index (χ4n) is 0.478. The van der Waals surface area contributed by atoms with Crippen molar-refractivity contribution in [2.24, 2.45) is 0 Å². The highest BCUT2D eigenvalue weighted by Crippen LogP contribution is 2.07. The molecule has 0 bridgehead atoms. The third kappa shape index (κ3) is 3.12. The van der Waals surface area contributed by atoms with Gasteiger partial charge in [-0.2, -0.15) is 0 Å². The monoisotopic (exact) mass is 126 g/mol. The highest BCUT2D eigenvalue weighted by atomic mass is 16.6. The molecule has 1 rings (SSSR count). The van der Waals surface area contributed by atoms with E-state index in [0.717, 1.165) is 6.61 Å². The van der Waals surface area contributed by atoms with Crippen molar-refractivity contribution in [1.29, 1.82) is 0 Å². The summed E-state index contributed by atoms with van der Waals surface area (Å²) in [5.41, 5.74) is 0. The summed E-state index contributed by atoms with van der Waals surface area (Å²) in [5, 5.41) is 0. The number of hydrogen-bond acceptors (Lipinski definition) is 2. The number of epoxide rings is 1. The van der Waals surface area contributed by atoms with E-state index < -0.39 is 0 Å². The maximum absolute atomic E-state index is 5.10. The van der Waals surface area contributed by atoms with Gasteiger partial charge in [0.2, 0.25) is 0 Å². The first-order valence-electron chi connectivity index (χ1n) is 3.02. The molecule has 2 heteroatoms. The molecular weight excluding hydrogens is 116 g/mol. The Bertz CT molecular complexity index is 128. The standard InChI is InChI=1S/C7H10O2/c1-2-3-4-8-5-7-6-9-7/h7H,4-6H2,1H3/t7-/m0/s1. The molecule has 0 aromatic heterocycles. The van der Waals surface area contributed by atoms with Crippen LogP contribution >= 0.6 is 0 Å². The van der Waals surface area contributed by atoms with Crippen LogP contribution in [0.5, 0.6) is 0 Å². The van der Waals surface area contributed by atoms with Gasteiger partial charge in [0.1, 0.15) is 12.7 Å². The topological polar surface area (TPSA) is 21.8 Å². The highest BCUT2D eigenvalue weighted by Gasteiger charge is 2.21. The highest BCUT2D eigenvalue weighted by molar-refractivity contribution is 4.94. The Morgan fingerprint density at radius 1 is 1.78 bits per heavy atom. The van der Waals surface area contributed by atoms with Crippen LogP contribution < -0.4 is 0 Å². The van der Waals surface area contributed by atoms with Crippen molar-refractivity contribution in [3.05, 3.63) is 0 Å². The van der Waals surface area contributed by atoms with Crippen LogP contribution in [0.4, 0.5) is 0 Å². The molecule has 0 aromatic carbocycles. The summed E-state index contributed by atoms with van der Waals surface area (Å²) in [6, 6.07) is 0. The first-order chi connectivity index (χ1) is 4.43. The summed E-state index contributed by atoms with van der Waals surface area (Å²) in [4.78, 5) is 0. The van der Waals surface area contributed by atoms with Crippen LogP contribution in [-0.4, -0.2) is 25.9 Å². The molecule has 0 saturated carbocycles. The van der Waals surface area contributed by atoms with Crippen molar-refractivity contribution >= 4 is 0 Å². The summed E-state index contributed by atoms with van der Waals surface area (Å²) >= 11 is 0. The lowest BCUT2D eigenvalue weighted by Crippen LogP contribution is -2.00. The summed E-state index contributed by atoms with van der Waals surface area (Å²) in [7, 11) is 0. The molecule has 1 saturated heterocycles. The van der Waals surface area contributed by atoms with E-state index in [4.69, 9.17) is 9.47 Å². The van der Waals surface area contributed by atoms with E-state index in [1.807, 2.05) is 0 Å². The second-order valence-corrected chi connectivity index (χ2v) is 1.90. The molecular formula is C7H10O2. The minimum Gasteiger partial charge on any atom is -0.371 e. The van der Waals surface area contributed by atoms with Crippen molar-refractivity contribution in [3.63, 3.8) is 0 Å². The Balaban J connectivity index is 1.84. The van der Waals surface area contributed by atoms with Gasteiger partial charge < -0.3 is 9.47 Å². The molecule has 0 N–H and O–H groups in total. The van der Waals surface area contributed by atoms with Crippen LogP contribution in [0.3, 0.4) is 0 Å². The van der Waals surface area contributed by atoms with Gasteiger partial charge in [0, 0.05) is 0 Å². The smallest absolute Gasteiger partial charge is 0.107 e. The lowest BCUT2D eigenvalue weighted by atomic mass is 10.5. The van der Waals surface area contributed by atoms with E-state index in [1.54, 1.807) is 6.92 Å². The van der Waals surface area contributed by atoms with Gasteiger partial charge in [-0.1, -0.05) is 5.92 Å². The van der Waals surface area contributed by atoms with Crippen LogP contribution in [-0.2, 0) is 9.47 Å². The zero-order valence-electron chi connectivity index (χ0n) is 5.52. The lowest BCUT2D eigenvalue weighted by Gasteiger charge is -1.91. The average molecular weight is 126 g/mol. The fourth-order valence-corrected chi connectivity index (χ4v) is 0.478. The molecule has 50 valence electrons. The molecule has 0 spiro atoms. The minimum atomic E-state index is 0.364. The Hall–Kier alpha value is -0.520. The third-order valence-electron chi connectivity index (χ3n) is 1.06. The van der Waals surface area contributed by atoms with E-state index >= 15 is 0 Å². The number of ether oxygens (including phenoxy) is 2. The van der Waals surface area contributed by atoms with Crippen molar-refractivity contribution < 1.29 is 9.47 Å². The zero-order chi connectivity index (χ0) is 6.53. The molecule has 1 aliphatic heterocycles. The molecule has 1 atom stereocenters. The molecule has 9 heavy (non-hydrogen) atoms. The van der Waals surface area contributed by atoms with Crippen LogP contribution in [0.25, 0.3) is 0 Å². The summed E-state index contributed by atoms with van der Waals surface area (Å²) in [5.74, 6) is 5.55. The van der Waals surface area contributed by atoms with Gasteiger partial charge in [0.15, 0.2) is 0 Å². The molecule has 0 radical (unpaired) electrons. The van der Waals surface area contributed by atoms with Gasteiger partial charge in [-0.05, 0) is 6.92 Å². The Labute approximate surface area is 55.1 Å². The largest absolute Gasteiger partial charge is 0.371 e. The van der Waals surface area contributed by atoms with Crippen molar-refractivity contribution in [3.8, 4) is 11.8 Å². The molecule has 0 amide bonds.